The van der Waals surface area contributed by atoms with Crippen LogP contribution >= 0.6 is 0 Å². The van der Waals surface area contributed by atoms with Crippen molar-refractivity contribution in [1.29, 1.82) is 0 Å². The summed E-state index contributed by atoms with van der Waals surface area (Å²) in [5.41, 5.74) is 1.17. The van der Waals surface area contributed by atoms with Crippen molar-refractivity contribution in [2.24, 2.45) is 50.7 Å². The molecule has 5 heteroatoms. The third-order valence-electron chi connectivity index (χ3n) is 13.2. The number of rotatable bonds is 1. The molecule has 3 spiro atoms. The van der Waals surface area contributed by atoms with E-state index >= 15 is 0 Å². The minimum atomic E-state index is -1.08. The molecule has 1 saturated heterocycles. The molecule has 2 heterocycles. The molecule has 0 aromatic heterocycles. The van der Waals surface area contributed by atoms with Crippen LogP contribution in [0.15, 0.2) is 23.8 Å². The molecular formula is C30H40O5. The van der Waals surface area contributed by atoms with Crippen LogP contribution < -0.4 is 0 Å². The number of fused-ring (bicyclic) bond motifs is 2. The Bertz CT molecular complexity index is 1100. The van der Waals surface area contributed by atoms with Gasteiger partial charge < -0.3 is 14.6 Å². The lowest BCUT2D eigenvalue weighted by Gasteiger charge is -2.62. The maximum absolute atomic E-state index is 12.8. The van der Waals surface area contributed by atoms with Gasteiger partial charge in [-0.25, -0.2) is 4.79 Å². The monoisotopic (exact) mass is 480 g/mol. The summed E-state index contributed by atoms with van der Waals surface area (Å²) in [5, 5.41) is 11.1. The summed E-state index contributed by atoms with van der Waals surface area (Å²) < 4.78 is 11.6. The van der Waals surface area contributed by atoms with E-state index < -0.39 is 12.1 Å². The quantitative estimate of drug-likeness (QED) is 0.514. The molecule has 0 bridgehead atoms. The van der Waals surface area contributed by atoms with Crippen LogP contribution in [-0.2, 0) is 19.1 Å². The highest BCUT2D eigenvalue weighted by atomic mass is 16.8. The van der Waals surface area contributed by atoms with Crippen LogP contribution in [0.4, 0.5) is 0 Å². The minimum Gasteiger partial charge on any atom is -0.426 e. The van der Waals surface area contributed by atoms with Gasteiger partial charge in [-0.05, 0) is 103 Å². The van der Waals surface area contributed by atoms with Crippen molar-refractivity contribution >= 4 is 11.8 Å². The van der Waals surface area contributed by atoms with Gasteiger partial charge in [-0.15, -0.1) is 0 Å². The van der Waals surface area contributed by atoms with Crippen molar-refractivity contribution in [3.63, 3.8) is 0 Å². The molecule has 5 aliphatic carbocycles. The van der Waals surface area contributed by atoms with Gasteiger partial charge >= 0.3 is 5.97 Å². The van der Waals surface area contributed by atoms with Gasteiger partial charge in [0.2, 0.25) is 5.79 Å². The lowest BCUT2D eigenvalue weighted by molar-refractivity contribution is -0.226. The number of ketones is 1. The van der Waals surface area contributed by atoms with Gasteiger partial charge in [0.15, 0.2) is 12.1 Å². The molecule has 0 radical (unpaired) electrons. The number of carbonyl (C=O) groups excluding carboxylic acids is 2. The SMILES string of the molecule is CC1=C[C@@]2(C[C@H]([C@H]3CC[C@@]4(C)[C@@H]5CC[C@H]6C(C)(C)C(=O)C=C[C@]67C[C@@]57CC[C@]34C)[C@H](O)O2)OC1=O. The first-order valence-electron chi connectivity index (χ1n) is 13.9. The normalized spacial score (nSPS) is 57.3. The number of hydrogen-bond acceptors (Lipinski definition) is 5. The van der Waals surface area contributed by atoms with Crippen LogP contribution in [0.25, 0.3) is 0 Å². The van der Waals surface area contributed by atoms with Gasteiger partial charge in [0.05, 0.1) is 0 Å². The van der Waals surface area contributed by atoms with Crippen molar-refractivity contribution in [3.05, 3.63) is 23.8 Å². The Morgan fingerprint density at radius 3 is 2.43 bits per heavy atom. The highest BCUT2D eigenvalue weighted by Crippen LogP contribution is 2.88. The van der Waals surface area contributed by atoms with E-state index in [4.69, 9.17) is 9.47 Å². The van der Waals surface area contributed by atoms with E-state index in [1.54, 1.807) is 13.0 Å². The Morgan fingerprint density at radius 1 is 0.971 bits per heavy atom. The first-order chi connectivity index (χ1) is 16.3. The molecule has 190 valence electrons. The molecule has 35 heavy (non-hydrogen) atoms. The van der Waals surface area contributed by atoms with Crippen molar-refractivity contribution < 1.29 is 24.2 Å². The van der Waals surface area contributed by atoms with E-state index in [0.29, 0.717) is 40.9 Å². The molecule has 0 aromatic carbocycles. The van der Waals surface area contributed by atoms with Crippen molar-refractivity contribution in [2.75, 3.05) is 0 Å². The third-order valence-corrected chi connectivity index (χ3v) is 13.2. The molecule has 5 nitrogen and oxygen atoms in total. The Morgan fingerprint density at radius 2 is 1.71 bits per heavy atom. The standard InChI is InChI=1S/C30H40O5/c1-17-14-30(34-23(17)32)15-18(24(33)35-30)19-8-10-27(5)21-7-6-20-25(2,3)22(31)9-11-28(20)16-29(21,28)13-12-26(19,27)4/h9,11,14,18-21,24,33H,6-8,10,12-13,15-16H2,1-5H3/t18-,19-,20+,21+,24-,26-,27+,28+,29+,30-/m1/s1. The van der Waals surface area contributed by atoms with E-state index in [1.807, 2.05) is 6.08 Å². The zero-order chi connectivity index (χ0) is 24.8. The molecule has 0 unspecified atom stereocenters. The molecule has 0 amide bonds. The Balaban J connectivity index is 1.21. The fourth-order valence-corrected chi connectivity index (χ4v) is 11.3. The average Bonchev–Trinajstić information content (AvgIpc) is 3.08. The zero-order valence-electron chi connectivity index (χ0n) is 21.9. The molecular weight excluding hydrogens is 440 g/mol. The summed E-state index contributed by atoms with van der Waals surface area (Å²) in [6, 6.07) is 0. The maximum Gasteiger partial charge on any atom is 0.336 e. The average molecular weight is 481 g/mol. The summed E-state index contributed by atoms with van der Waals surface area (Å²) in [4.78, 5) is 24.9. The molecule has 1 N–H and O–H groups in total. The second kappa shape index (κ2) is 6.32. The number of aliphatic hydroxyl groups excluding tert-OH is 1. The predicted octanol–water partition coefficient (Wildman–Crippen LogP) is 5.32. The van der Waals surface area contributed by atoms with Crippen molar-refractivity contribution in [3.8, 4) is 0 Å². The fraction of sp³-hybridized carbons (Fsp3) is 0.800. The lowest BCUT2D eigenvalue weighted by Crippen LogP contribution is -2.56. The molecule has 4 saturated carbocycles. The van der Waals surface area contributed by atoms with Crippen LogP contribution in [-0.4, -0.2) is 28.9 Å². The molecule has 7 aliphatic rings. The second-order valence-electron chi connectivity index (χ2n) is 14.4. The topological polar surface area (TPSA) is 72.8 Å². The number of ether oxygens (including phenoxy) is 2. The van der Waals surface area contributed by atoms with Crippen molar-refractivity contribution in [1.82, 2.24) is 0 Å². The summed E-state index contributed by atoms with van der Waals surface area (Å²) in [7, 11) is 0. The highest BCUT2D eigenvalue weighted by molar-refractivity contribution is 5.96. The summed E-state index contributed by atoms with van der Waals surface area (Å²) in [6.07, 6.45) is 13.9. The largest absolute Gasteiger partial charge is 0.426 e. The lowest BCUT2D eigenvalue weighted by atomic mass is 9.42. The van der Waals surface area contributed by atoms with Gasteiger partial charge in [-0.1, -0.05) is 33.8 Å². The van der Waals surface area contributed by atoms with E-state index in [2.05, 4.69) is 33.8 Å². The van der Waals surface area contributed by atoms with Crippen LogP contribution in [0.3, 0.4) is 0 Å². The number of allylic oxidation sites excluding steroid dienone is 2. The molecule has 7 rings (SSSR count). The maximum atomic E-state index is 12.8. The second-order valence-corrected chi connectivity index (χ2v) is 14.4. The Labute approximate surface area is 208 Å². The first-order valence-corrected chi connectivity index (χ1v) is 13.9. The van der Waals surface area contributed by atoms with Gasteiger partial charge in [-0.3, -0.25) is 4.79 Å². The summed E-state index contributed by atoms with van der Waals surface area (Å²) in [5.74, 6) is 0.329. The van der Waals surface area contributed by atoms with Crippen molar-refractivity contribution in [2.45, 2.75) is 98.1 Å². The summed E-state index contributed by atoms with van der Waals surface area (Å²) >= 11 is 0. The van der Waals surface area contributed by atoms with E-state index in [0.717, 1.165) is 19.3 Å². The van der Waals surface area contributed by atoms with Gasteiger partial charge in [0.25, 0.3) is 0 Å². The highest BCUT2D eigenvalue weighted by Gasteiger charge is 2.82. The number of aliphatic hydroxyl groups is 1. The van der Waals surface area contributed by atoms with Gasteiger partial charge in [0.1, 0.15) is 0 Å². The van der Waals surface area contributed by atoms with E-state index in [1.165, 1.54) is 25.7 Å². The van der Waals surface area contributed by atoms with Crippen LogP contribution in [0.2, 0.25) is 0 Å². The van der Waals surface area contributed by atoms with Crippen LogP contribution in [0.5, 0.6) is 0 Å². The van der Waals surface area contributed by atoms with Gasteiger partial charge in [0, 0.05) is 23.3 Å². The number of carbonyl (C=O) groups is 2. The van der Waals surface area contributed by atoms with Gasteiger partial charge in [-0.2, -0.15) is 0 Å². The zero-order valence-corrected chi connectivity index (χ0v) is 21.9. The number of esters is 1. The van der Waals surface area contributed by atoms with Crippen LogP contribution in [0.1, 0.15) is 86.0 Å². The Hall–Kier alpha value is -1.46. The molecule has 5 fully saturated rings. The minimum absolute atomic E-state index is 0.0264. The third kappa shape index (κ3) is 2.40. The molecule has 2 aliphatic heterocycles. The van der Waals surface area contributed by atoms with E-state index in [-0.39, 0.29) is 33.5 Å². The number of hydrogen-bond donors (Lipinski definition) is 1. The van der Waals surface area contributed by atoms with Crippen LogP contribution in [0, 0.1) is 50.7 Å². The Kier molecular flexibility index (Phi) is 4.10. The first kappa shape index (κ1) is 22.7. The fourth-order valence-electron chi connectivity index (χ4n) is 11.3. The smallest absolute Gasteiger partial charge is 0.336 e. The predicted molar refractivity (Wildman–Crippen MR) is 130 cm³/mol. The molecule has 10 atom stereocenters. The molecule has 0 aromatic rings. The van der Waals surface area contributed by atoms with E-state index in [9.17, 15) is 14.7 Å². The summed E-state index contributed by atoms with van der Waals surface area (Å²) in [6.45, 7) is 11.2.